The maximum Gasteiger partial charge on any atom is 0.373 e. The van der Waals surface area contributed by atoms with Gasteiger partial charge in [-0.25, -0.2) is 4.79 Å². The molecule has 7 heteroatoms. The number of ether oxygens (including phenoxy) is 1. The number of esters is 1. The van der Waals surface area contributed by atoms with Crippen molar-refractivity contribution in [3.05, 3.63) is 81.5 Å². The predicted molar refractivity (Wildman–Crippen MR) is 105 cm³/mol. The van der Waals surface area contributed by atoms with Crippen LogP contribution >= 0.6 is 23.2 Å². The molecule has 0 heterocycles. The highest BCUT2D eigenvalue weighted by Gasteiger charge is 2.20. The molecule has 2 aromatic carbocycles. The predicted octanol–water partition coefficient (Wildman–Crippen LogP) is 4.20. The lowest BCUT2D eigenvalue weighted by molar-refractivity contribution is -0.139. The van der Waals surface area contributed by atoms with Crippen LogP contribution in [0, 0.1) is 0 Å². The zero-order chi connectivity index (χ0) is 20.0. The summed E-state index contributed by atoms with van der Waals surface area (Å²) < 4.78 is 4.38. The highest BCUT2D eigenvalue weighted by Crippen LogP contribution is 2.28. The highest BCUT2D eigenvalue weighted by atomic mass is 35.5. The third kappa shape index (κ3) is 5.74. The number of rotatable bonds is 6. The molecule has 5 nitrogen and oxygen atoms in total. The SMILES string of the molecule is COC(=O)/C(O)=C/C(=O)N(C)CC(c1ccc(Cl)cc1)c1ccc(Cl)cc1. The maximum absolute atomic E-state index is 12.3. The maximum atomic E-state index is 12.3. The third-order valence-electron chi connectivity index (χ3n) is 4.03. The largest absolute Gasteiger partial charge is 0.502 e. The van der Waals surface area contributed by atoms with Gasteiger partial charge in [0.1, 0.15) is 0 Å². The van der Waals surface area contributed by atoms with Crippen molar-refractivity contribution in [2.45, 2.75) is 5.92 Å². The van der Waals surface area contributed by atoms with Crippen LogP contribution in [0.25, 0.3) is 0 Å². The van der Waals surface area contributed by atoms with Gasteiger partial charge in [0.2, 0.25) is 11.7 Å². The summed E-state index contributed by atoms with van der Waals surface area (Å²) in [7, 11) is 2.71. The molecule has 1 N–H and O–H groups in total. The zero-order valence-corrected chi connectivity index (χ0v) is 16.4. The van der Waals surface area contributed by atoms with Crippen LogP contribution in [0.1, 0.15) is 17.0 Å². The Hall–Kier alpha value is -2.50. The zero-order valence-electron chi connectivity index (χ0n) is 14.9. The number of carbonyl (C=O) groups is 2. The Kier molecular flexibility index (Phi) is 7.28. The van der Waals surface area contributed by atoms with Gasteiger partial charge in [-0.1, -0.05) is 47.5 Å². The van der Waals surface area contributed by atoms with Crippen LogP contribution in [0.4, 0.5) is 0 Å². The molecule has 0 radical (unpaired) electrons. The number of aliphatic hydroxyl groups excluding tert-OH is 1. The number of hydrogen-bond donors (Lipinski definition) is 1. The Bertz CT molecular complexity index is 787. The van der Waals surface area contributed by atoms with E-state index >= 15 is 0 Å². The van der Waals surface area contributed by atoms with Crippen LogP contribution in [0.3, 0.4) is 0 Å². The van der Waals surface area contributed by atoms with Gasteiger partial charge in [0.15, 0.2) is 0 Å². The molecule has 1 amide bonds. The van der Waals surface area contributed by atoms with Crippen molar-refractivity contribution in [1.82, 2.24) is 4.90 Å². The van der Waals surface area contributed by atoms with E-state index in [1.54, 1.807) is 31.3 Å². The van der Waals surface area contributed by atoms with Gasteiger partial charge in [-0.15, -0.1) is 0 Å². The average Bonchev–Trinajstić information content (AvgIpc) is 2.66. The summed E-state index contributed by atoms with van der Waals surface area (Å²) in [6, 6.07) is 14.7. The summed E-state index contributed by atoms with van der Waals surface area (Å²) in [4.78, 5) is 25.0. The van der Waals surface area contributed by atoms with Crippen LogP contribution in [0.15, 0.2) is 60.4 Å². The second-order valence-corrected chi connectivity index (χ2v) is 6.77. The Labute approximate surface area is 167 Å². The van der Waals surface area contributed by atoms with Gasteiger partial charge < -0.3 is 14.7 Å². The molecule has 0 saturated carbocycles. The van der Waals surface area contributed by atoms with Crippen LogP contribution in [0.5, 0.6) is 0 Å². The van der Waals surface area contributed by atoms with Crippen LogP contribution in [0.2, 0.25) is 10.0 Å². The van der Waals surface area contributed by atoms with E-state index in [1.807, 2.05) is 24.3 Å². The quantitative estimate of drug-likeness (QED) is 0.442. The number of amides is 1. The monoisotopic (exact) mass is 407 g/mol. The number of aliphatic hydroxyl groups is 1. The number of halogens is 2. The first-order chi connectivity index (χ1) is 12.8. The van der Waals surface area contributed by atoms with Crippen molar-refractivity contribution < 1.29 is 19.4 Å². The molecule has 0 aromatic heterocycles. The molecule has 0 bridgehead atoms. The lowest BCUT2D eigenvalue weighted by atomic mass is 9.91. The van der Waals surface area contributed by atoms with Gasteiger partial charge in [0.05, 0.1) is 13.2 Å². The first-order valence-corrected chi connectivity index (χ1v) is 8.82. The summed E-state index contributed by atoms with van der Waals surface area (Å²) in [5.74, 6) is -2.39. The Morgan fingerprint density at radius 3 is 1.89 bits per heavy atom. The van der Waals surface area contributed by atoms with E-state index in [1.165, 1.54) is 4.90 Å². The van der Waals surface area contributed by atoms with Crippen LogP contribution in [-0.2, 0) is 14.3 Å². The molecule has 0 aliphatic carbocycles. The van der Waals surface area contributed by atoms with E-state index < -0.39 is 17.6 Å². The van der Waals surface area contributed by atoms with Gasteiger partial charge in [0.25, 0.3) is 0 Å². The first kappa shape index (κ1) is 20.8. The number of nitrogens with zero attached hydrogens (tertiary/aromatic N) is 1. The van der Waals surface area contributed by atoms with Gasteiger partial charge in [-0.2, -0.15) is 0 Å². The van der Waals surface area contributed by atoms with Gasteiger partial charge in [-0.3, -0.25) is 4.79 Å². The highest BCUT2D eigenvalue weighted by molar-refractivity contribution is 6.30. The molecular formula is C20H19Cl2NO4. The smallest absolute Gasteiger partial charge is 0.373 e. The minimum Gasteiger partial charge on any atom is -0.502 e. The van der Waals surface area contributed by atoms with Gasteiger partial charge >= 0.3 is 5.97 Å². The molecule has 0 fully saturated rings. The van der Waals surface area contributed by atoms with E-state index in [-0.39, 0.29) is 5.92 Å². The van der Waals surface area contributed by atoms with E-state index in [4.69, 9.17) is 23.2 Å². The molecule has 142 valence electrons. The molecule has 0 spiro atoms. The van der Waals surface area contributed by atoms with Crippen molar-refractivity contribution in [3.8, 4) is 0 Å². The number of benzene rings is 2. The summed E-state index contributed by atoms with van der Waals surface area (Å²) in [5, 5.41) is 10.8. The molecule has 2 aromatic rings. The Balaban J connectivity index is 2.28. The van der Waals surface area contributed by atoms with Crippen molar-refractivity contribution in [2.24, 2.45) is 0 Å². The number of carbonyl (C=O) groups excluding carboxylic acids is 2. The standard InChI is InChI=1S/C20H19Cl2NO4/c1-23(19(25)11-18(24)20(26)27-2)12-17(13-3-7-15(21)8-4-13)14-5-9-16(22)10-6-14/h3-11,17,24H,12H2,1-2H3/b18-11-. The van der Waals surface area contributed by atoms with E-state index in [2.05, 4.69) is 4.74 Å². The van der Waals surface area contributed by atoms with Crippen LogP contribution in [-0.4, -0.2) is 42.6 Å². The second-order valence-electron chi connectivity index (χ2n) is 5.90. The van der Waals surface area contributed by atoms with Crippen molar-refractivity contribution >= 4 is 35.1 Å². The normalized spacial score (nSPS) is 11.4. The van der Waals surface area contributed by atoms with E-state index in [9.17, 15) is 14.7 Å². The molecular weight excluding hydrogens is 389 g/mol. The summed E-state index contributed by atoms with van der Waals surface area (Å²) in [5.41, 5.74) is 1.92. The minimum atomic E-state index is -0.969. The molecule has 0 unspecified atom stereocenters. The average molecular weight is 408 g/mol. The fraction of sp³-hybridized carbons (Fsp3) is 0.200. The van der Waals surface area contributed by atoms with Crippen molar-refractivity contribution in [2.75, 3.05) is 20.7 Å². The van der Waals surface area contributed by atoms with E-state index in [0.29, 0.717) is 16.6 Å². The number of hydrogen-bond acceptors (Lipinski definition) is 4. The topological polar surface area (TPSA) is 66.8 Å². The fourth-order valence-corrected chi connectivity index (χ4v) is 2.80. The summed E-state index contributed by atoms with van der Waals surface area (Å²) in [6.45, 7) is 0.313. The van der Waals surface area contributed by atoms with Crippen molar-refractivity contribution in [1.29, 1.82) is 0 Å². The molecule has 27 heavy (non-hydrogen) atoms. The van der Waals surface area contributed by atoms with Crippen LogP contribution < -0.4 is 0 Å². The lowest BCUT2D eigenvalue weighted by Crippen LogP contribution is -2.30. The number of methoxy groups -OCH3 is 1. The van der Waals surface area contributed by atoms with Crippen molar-refractivity contribution in [3.63, 3.8) is 0 Å². The minimum absolute atomic E-state index is 0.151. The second kappa shape index (κ2) is 9.44. The lowest BCUT2D eigenvalue weighted by Gasteiger charge is -2.24. The summed E-state index contributed by atoms with van der Waals surface area (Å²) in [6.07, 6.45) is 0.840. The molecule has 0 aliphatic heterocycles. The number of likely N-dealkylation sites (N-methyl/N-ethyl adjacent to an activating group) is 1. The van der Waals surface area contributed by atoms with E-state index in [0.717, 1.165) is 24.3 Å². The summed E-state index contributed by atoms with van der Waals surface area (Å²) >= 11 is 12.0. The fourth-order valence-electron chi connectivity index (χ4n) is 2.55. The Morgan fingerprint density at radius 2 is 1.48 bits per heavy atom. The van der Waals surface area contributed by atoms with Gasteiger partial charge in [-0.05, 0) is 35.4 Å². The molecule has 0 atom stereocenters. The molecule has 2 rings (SSSR count). The molecule has 0 saturated heterocycles. The molecule has 0 aliphatic rings. The Morgan fingerprint density at radius 1 is 1.04 bits per heavy atom. The van der Waals surface area contributed by atoms with Gasteiger partial charge in [0, 0.05) is 29.6 Å². The third-order valence-corrected chi connectivity index (χ3v) is 4.54. The first-order valence-electron chi connectivity index (χ1n) is 8.06.